The molecule has 1 atom stereocenters. The summed E-state index contributed by atoms with van der Waals surface area (Å²) in [5.74, 6) is 0.236. The van der Waals surface area contributed by atoms with Gasteiger partial charge in [-0.2, -0.15) is 0 Å². The fourth-order valence-corrected chi connectivity index (χ4v) is 2.48. The van der Waals surface area contributed by atoms with E-state index in [1.807, 2.05) is 0 Å². The second-order valence-corrected chi connectivity index (χ2v) is 5.45. The molecule has 20 heavy (non-hydrogen) atoms. The molecule has 1 aliphatic rings. The summed E-state index contributed by atoms with van der Waals surface area (Å²) in [5, 5.41) is 3.34. The Morgan fingerprint density at radius 3 is 2.70 bits per heavy atom. The lowest BCUT2D eigenvalue weighted by Gasteiger charge is -2.23. The zero-order valence-corrected chi connectivity index (χ0v) is 12.3. The van der Waals surface area contributed by atoms with E-state index in [0.717, 1.165) is 13.0 Å². The van der Waals surface area contributed by atoms with Crippen molar-refractivity contribution in [2.24, 2.45) is 0 Å². The number of halogens is 4. The Hall–Kier alpha value is -0.950. The van der Waals surface area contributed by atoms with Crippen LogP contribution in [0.2, 0.25) is 0 Å². The molecule has 7 heteroatoms. The molecule has 0 radical (unpaired) electrons. The number of hydrogen-bond acceptors (Lipinski definition) is 3. The summed E-state index contributed by atoms with van der Waals surface area (Å²) in [5.41, 5.74) is 0. The SMILES string of the molecule is FC(F)(F)Oc1ccc(OCC2CCCCN2)cc1Br. The number of ether oxygens (including phenoxy) is 2. The fourth-order valence-electron chi connectivity index (χ4n) is 2.04. The molecule has 0 aromatic heterocycles. The second-order valence-electron chi connectivity index (χ2n) is 4.60. The van der Waals surface area contributed by atoms with Gasteiger partial charge >= 0.3 is 6.36 Å². The molecule has 2 rings (SSSR count). The highest BCUT2D eigenvalue weighted by Gasteiger charge is 2.32. The Kier molecular flexibility index (Phi) is 5.15. The van der Waals surface area contributed by atoms with Crippen LogP contribution in [-0.4, -0.2) is 25.6 Å². The van der Waals surface area contributed by atoms with Crippen LogP contribution in [0, 0.1) is 0 Å². The Bertz CT molecular complexity index is 448. The normalized spacial score (nSPS) is 19.7. The zero-order valence-electron chi connectivity index (χ0n) is 10.7. The van der Waals surface area contributed by atoms with E-state index in [1.54, 1.807) is 0 Å². The Morgan fingerprint density at radius 1 is 1.30 bits per heavy atom. The monoisotopic (exact) mass is 353 g/mol. The van der Waals surface area contributed by atoms with Gasteiger partial charge in [0.2, 0.25) is 0 Å². The highest BCUT2D eigenvalue weighted by molar-refractivity contribution is 9.10. The second kappa shape index (κ2) is 6.67. The van der Waals surface area contributed by atoms with E-state index in [-0.39, 0.29) is 10.2 Å². The quantitative estimate of drug-likeness (QED) is 0.891. The minimum atomic E-state index is -4.70. The molecule has 1 unspecified atom stereocenters. The van der Waals surface area contributed by atoms with Crippen LogP contribution >= 0.6 is 15.9 Å². The summed E-state index contributed by atoms with van der Waals surface area (Å²) in [6.07, 6.45) is -1.30. The molecule has 1 fully saturated rings. The van der Waals surface area contributed by atoms with Crippen molar-refractivity contribution in [1.29, 1.82) is 0 Å². The zero-order chi connectivity index (χ0) is 14.6. The van der Waals surface area contributed by atoms with Gasteiger partial charge in [-0.3, -0.25) is 0 Å². The molecule has 0 amide bonds. The van der Waals surface area contributed by atoms with E-state index in [1.165, 1.54) is 31.0 Å². The average Bonchev–Trinajstić information content (AvgIpc) is 2.39. The van der Waals surface area contributed by atoms with Gasteiger partial charge < -0.3 is 14.8 Å². The van der Waals surface area contributed by atoms with Gasteiger partial charge in [-0.15, -0.1) is 13.2 Å². The predicted octanol–water partition coefficient (Wildman–Crippen LogP) is 3.87. The molecular weight excluding hydrogens is 339 g/mol. The molecule has 0 bridgehead atoms. The van der Waals surface area contributed by atoms with Crippen LogP contribution in [0.4, 0.5) is 13.2 Å². The third kappa shape index (κ3) is 4.86. The summed E-state index contributed by atoms with van der Waals surface area (Å²) in [6, 6.07) is 4.48. The van der Waals surface area contributed by atoms with Gasteiger partial charge in [0.05, 0.1) is 4.47 Å². The lowest BCUT2D eigenvalue weighted by Crippen LogP contribution is -2.38. The van der Waals surface area contributed by atoms with Gasteiger partial charge in [0.1, 0.15) is 18.1 Å². The first-order chi connectivity index (χ1) is 9.44. The van der Waals surface area contributed by atoms with Crippen molar-refractivity contribution in [1.82, 2.24) is 5.32 Å². The maximum Gasteiger partial charge on any atom is 0.573 e. The van der Waals surface area contributed by atoms with E-state index >= 15 is 0 Å². The molecular formula is C13H15BrF3NO2. The topological polar surface area (TPSA) is 30.5 Å². The highest BCUT2D eigenvalue weighted by atomic mass is 79.9. The number of piperidine rings is 1. The number of alkyl halides is 3. The Labute approximate surface area is 123 Å². The van der Waals surface area contributed by atoms with Crippen molar-refractivity contribution in [3.63, 3.8) is 0 Å². The van der Waals surface area contributed by atoms with E-state index in [0.29, 0.717) is 18.4 Å². The first-order valence-electron chi connectivity index (χ1n) is 6.35. The number of nitrogens with one attached hydrogen (secondary N) is 1. The van der Waals surface area contributed by atoms with Crippen LogP contribution in [0.1, 0.15) is 19.3 Å². The van der Waals surface area contributed by atoms with Crippen molar-refractivity contribution in [2.45, 2.75) is 31.7 Å². The van der Waals surface area contributed by atoms with Crippen molar-refractivity contribution >= 4 is 15.9 Å². The van der Waals surface area contributed by atoms with Crippen LogP contribution in [0.5, 0.6) is 11.5 Å². The van der Waals surface area contributed by atoms with Crippen molar-refractivity contribution < 1.29 is 22.6 Å². The average molecular weight is 354 g/mol. The van der Waals surface area contributed by atoms with E-state index in [4.69, 9.17) is 4.74 Å². The fraction of sp³-hybridized carbons (Fsp3) is 0.538. The molecule has 1 aliphatic heterocycles. The number of benzene rings is 1. The van der Waals surface area contributed by atoms with Crippen molar-refractivity contribution in [3.05, 3.63) is 22.7 Å². The number of rotatable bonds is 4. The third-order valence-corrected chi connectivity index (χ3v) is 3.61. The molecule has 3 nitrogen and oxygen atoms in total. The van der Waals surface area contributed by atoms with Gasteiger partial charge in [0.25, 0.3) is 0 Å². The Balaban J connectivity index is 1.91. The summed E-state index contributed by atoms with van der Waals surface area (Å²) >= 11 is 3.05. The lowest BCUT2D eigenvalue weighted by atomic mass is 10.1. The largest absolute Gasteiger partial charge is 0.573 e. The molecule has 0 spiro atoms. The Morgan fingerprint density at radius 2 is 2.10 bits per heavy atom. The molecule has 1 heterocycles. The first kappa shape index (κ1) is 15.4. The minimum absolute atomic E-state index is 0.212. The van der Waals surface area contributed by atoms with Gasteiger partial charge in [0.15, 0.2) is 0 Å². The van der Waals surface area contributed by atoms with Gasteiger partial charge in [0, 0.05) is 6.04 Å². The molecule has 1 aromatic carbocycles. The summed E-state index contributed by atoms with van der Waals surface area (Å²) in [6.45, 7) is 1.49. The standard InChI is InChI=1S/C13H15BrF3NO2/c14-11-7-10(4-5-12(11)20-13(15,16)17)19-8-9-3-1-2-6-18-9/h4-5,7,9,18H,1-3,6,8H2. The molecule has 112 valence electrons. The number of hydrogen-bond donors (Lipinski definition) is 1. The van der Waals surface area contributed by atoms with Gasteiger partial charge in [-0.25, -0.2) is 0 Å². The van der Waals surface area contributed by atoms with Crippen LogP contribution in [0.15, 0.2) is 22.7 Å². The van der Waals surface area contributed by atoms with E-state index in [9.17, 15) is 13.2 Å². The first-order valence-corrected chi connectivity index (χ1v) is 7.15. The van der Waals surface area contributed by atoms with Gasteiger partial charge in [-0.1, -0.05) is 6.42 Å². The maximum atomic E-state index is 12.1. The molecule has 1 aromatic rings. The van der Waals surface area contributed by atoms with Crippen molar-refractivity contribution in [2.75, 3.05) is 13.2 Å². The third-order valence-electron chi connectivity index (χ3n) is 2.99. The predicted molar refractivity (Wildman–Crippen MR) is 72.0 cm³/mol. The summed E-state index contributed by atoms with van der Waals surface area (Å²) in [4.78, 5) is 0. The van der Waals surface area contributed by atoms with Crippen LogP contribution in [-0.2, 0) is 0 Å². The van der Waals surface area contributed by atoms with Crippen molar-refractivity contribution in [3.8, 4) is 11.5 Å². The molecule has 0 aliphatic carbocycles. The van der Waals surface area contributed by atoms with Gasteiger partial charge in [-0.05, 0) is 53.5 Å². The summed E-state index contributed by atoms with van der Waals surface area (Å²) in [7, 11) is 0. The maximum absolute atomic E-state index is 12.1. The van der Waals surface area contributed by atoms with Crippen LogP contribution in [0.3, 0.4) is 0 Å². The smallest absolute Gasteiger partial charge is 0.492 e. The molecule has 1 N–H and O–H groups in total. The van der Waals surface area contributed by atoms with Crippen LogP contribution in [0.25, 0.3) is 0 Å². The van der Waals surface area contributed by atoms with E-state index in [2.05, 4.69) is 26.0 Å². The van der Waals surface area contributed by atoms with E-state index < -0.39 is 6.36 Å². The minimum Gasteiger partial charge on any atom is -0.492 e. The highest BCUT2D eigenvalue weighted by Crippen LogP contribution is 2.33. The summed E-state index contributed by atoms with van der Waals surface area (Å²) < 4.78 is 46.1. The lowest BCUT2D eigenvalue weighted by molar-refractivity contribution is -0.274. The molecule has 1 saturated heterocycles. The van der Waals surface area contributed by atoms with Crippen LogP contribution < -0.4 is 14.8 Å². The molecule has 0 saturated carbocycles.